The van der Waals surface area contributed by atoms with Crippen molar-refractivity contribution in [1.82, 2.24) is 0 Å². The second kappa shape index (κ2) is 11.4. The minimum atomic E-state index is -0.283. The number of benzene rings is 4. The highest BCUT2D eigenvalue weighted by Gasteiger charge is 2.96. The molecule has 0 aromatic heterocycles. The molecule has 6 aromatic carbocycles. The Morgan fingerprint density at radius 2 is 1.45 bits per heavy atom. The SMILES string of the molecule is CCCCCCCCCCCCO/C(C)=C/C=C(\C)C1(c2ccc(C)cc2)C23C4=C5C=CC6c7c5c2c2c5c8c9c%10c(ccc%11c%12c%13c(c%11%10)c8c2c7C%13C6C=C%12)C2C=CC6=C(C=5C31C6C=C4)C92. The summed E-state index contributed by atoms with van der Waals surface area (Å²) in [6.45, 7) is 10.1. The van der Waals surface area contributed by atoms with E-state index >= 15 is 0 Å². The molecule has 1 saturated carbocycles. The smallest absolute Gasteiger partial charge is 0.0928 e. The fourth-order valence-electron chi connectivity index (χ4n) is 19.6. The Labute approximate surface area is 393 Å². The van der Waals surface area contributed by atoms with Crippen molar-refractivity contribution in [2.24, 2.45) is 17.3 Å². The lowest BCUT2D eigenvalue weighted by Gasteiger charge is -2.36. The molecule has 0 bridgehead atoms. The summed E-state index contributed by atoms with van der Waals surface area (Å²) in [5, 5.41) is 14.8. The van der Waals surface area contributed by atoms with Crippen LogP contribution in [0.4, 0.5) is 0 Å². The second-order valence-corrected chi connectivity index (χ2v) is 23.4. The number of aryl methyl sites for hydroxylation is 1. The fraction of sp³-hybridized carbons (Fsp3) is 0.364. The highest BCUT2D eigenvalue weighted by atomic mass is 16.5. The maximum atomic E-state index is 6.59. The van der Waals surface area contributed by atoms with Gasteiger partial charge in [-0.15, -0.1) is 0 Å². The Morgan fingerprint density at radius 3 is 2.28 bits per heavy atom. The van der Waals surface area contributed by atoms with Crippen molar-refractivity contribution >= 4 is 60.3 Å². The van der Waals surface area contributed by atoms with Crippen molar-refractivity contribution in [3.8, 4) is 0 Å². The number of ether oxygens (including phenoxy) is 1. The van der Waals surface area contributed by atoms with Crippen LogP contribution in [0.15, 0.2) is 119 Å². The highest BCUT2D eigenvalue weighted by molar-refractivity contribution is 6.40. The van der Waals surface area contributed by atoms with Crippen LogP contribution in [0.5, 0.6) is 0 Å². The lowest BCUT2D eigenvalue weighted by molar-refractivity contribution is 0.207. The van der Waals surface area contributed by atoms with Crippen LogP contribution < -0.4 is 5.22 Å². The van der Waals surface area contributed by atoms with Crippen molar-refractivity contribution in [2.45, 2.75) is 126 Å². The standard InChI is InChI=1S/C66H56O/c1-5-6-7-8-9-10-11-12-13-14-31-67-34(4)18-17-33(3)64(35-19-15-32(2)16-20-35)65-44-29-30-45-43-28-26-41-39-24-22-37-36-21-23-38-40-25-27-42(44)52-50(40)55-48(38)46(36)54-47(37)49(39)56-51(41)53(43)63(66(45,64)65)61-59(56)57(54)58(55)60(61)62(52)65/h15-30,38,40-41,45,48,51H,5-14,31H2,1-4H3/b33-17+,34-18+. The molecule has 1 heteroatoms. The molecular formula is C66H56O. The maximum Gasteiger partial charge on any atom is 0.0928 e. The van der Waals surface area contributed by atoms with E-state index in [4.69, 9.17) is 4.74 Å². The maximum absolute atomic E-state index is 6.59. The third-order valence-corrected chi connectivity index (χ3v) is 21.2. The Kier molecular flexibility index (Phi) is 6.21. The van der Waals surface area contributed by atoms with E-state index in [1.165, 1.54) is 85.4 Å². The molecule has 18 rings (SSSR count). The molecule has 67 heavy (non-hydrogen) atoms. The zero-order valence-electron chi connectivity index (χ0n) is 39.4. The van der Waals surface area contributed by atoms with Gasteiger partial charge in [-0.2, -0.15) is 0 Å². The van der Waals surface area contributed by atoms with Crippen LogP contribution in [-0.2, 0) is 15.6 Å². The molecule has 0 radical (unpaired) electrons. The summed E-state index contributed by atoms with van der Waals surface area (Å²) in [6, 6.07) is 15.1. The van der Waals surface area contributed by atoms with Crippen LogP contribution in [0.25, 0.3) is 60.3 Å². The van der Waals surface area contributed by atoms with Gasteiger partial charge in [0.15, 0.2) is 0 Å². The fourth-order valence-corrected chi connectivity index (χ4v) is 19.6. The van der Waals surface area contributed by atoms with E-state index in [1.54, 1.807) is 110 Å². The molecule has 326 valence electrons. The average Bonchev–Trinajstić information content (AvgIpc) is 3.98. The van der Waals surface area contributed by atoms with Gasteiger partial charge in [-0.3, -0.25) is 0 Å². The van der Waals surface area contributed by atoms with Gasteiger partial charge in [0, 0.05) is 45.8 Å². The molecule has 12 aliphatic carbocycles. The average molecular weight is 865 g/mol. The monoisotopic (exact) mass is 864 g/mol. The van der Waals surface area contributed by atoms with Gasteiger partial charge in [0.1, 0.15) is 0 Å². The van der Waals surface area contributed by atoms with Gasteiger partial charge in [0.25, 0.3) is 0 Å². The largest absolute Gasteiger partial charge is 0.498 e. The number of rotatable bonds is 15. The number of unbranched alkanes of at least 4 members (excludes halogenated alkanes) is 9. The lowest BCUT2D eigenvalue weighted by Crippen LogP contribution is -2.35. The number of fused-ring (bicyclic) bond motifs is 4. The number of hydrogen-bond acceptors (Lipinski definition) is 1. The van der Waals surface area contributed by atoms with E-state index in [0.717, 1.165) is 18.8 Å². The third kappa shape index (κ3) is 3.33. The Balaban J connectivity index is 0.894. The van der Waals surface area contributed by atoms with Crippen LogP contribution in [0.1, 0.15) is 164 Å². The quantitative estimate of drug-likeness (QED) is 0.0568. The van der Waals surface area contributed by atoms with E-state index < -0.39 is 0 Å². The van der Waals surface area contributed by atoms with Crippen LogP contribution in [0, 0.1) is 24.2 Å². The molecule has 2 spiro atoms. The molecule has 1 nitrogen and oxygen atoms in total. The first kappa shape index (κ1) is 36.4. The summed E-state index contributed by atoms with van der Waals surface area (Å²) in [7, 11) is 0. The summed E-state index contributed by atoms with van der Waals surface area (Å²) in [4.78, 5) is 0. The van der Waals surface area contributed by atoms with Crippen LogP contribution in [0.2, 0.25) is 0 Å². The van der Waals surface area contributed by atoms with Gasteiger partial charge in [0.05, 0.1) is 12.4 Å². The third-order valence-electron chi connectivity index (χ3n) is 21.2. The van der Waals surface area contributed by atoms with Crippen molar-refractivity contribution < 1.29 is 4.74 Å². The van der Waals surface area contributed by atoms with Crippen molar-refractivity contribution in [1.29, 1.82) is 0 Å². The summed E-state index contributed by atoms with van der Waals surface area (Å²) >= 11 is 0. The molecule has 6 aromatic rings. The van der Waals surface area contributed by atoms with Gasteiger partial charge < -0.3 is 4.74 Å². The van der Waals surface area contributed by atoms with Crippen molar-refractivity contribution in [2.75, 3.05) is 6.61 Å². The minimum Gasteiger partial charge on any atom is -0.498 e. The molecule has 1 fully saturated rings. The first-order valence-corrected chi connectivity index (χ1v) is 26.7. The molecule has 0 amide bonds. The van der Waals surface area contributed by atoms with Crippen LogP contribution in [0.3, 0.4) is 0 Å². The number of allylic oxidation sites excluding steroid dienone is 15. The van der Waals surface area contributed by atoms with Gasteiger partial charge in [-0.1, -0.05) is 167 Å². The van der Waals surface area contributed by atoms with E-state index in [0.29, 0.717) is 35.5 Å². The predicted octanol–water partition coefficient (Wildman–Crippen LogP) is 15.7. The van der Waals surface area contributed by atoms with Crippen molar-refractivity contribution in [3.63, 3.8) is 0 Å². The molecule has 0 saturated heterocycles. The lowest BCUT2D eigenvalue weighted by atomic mass is 9.65. The van der Waals surface area contributed by atoms with Gasteiger partial charge in [-0.25, -0.2) is 0 Å². The van der Waals surface area contributed by atoms with E-state index in [1.807, 2.05) is 0 Å². The topological polar surface area (TPSA) is 9.23 Å². The summed E-state index contributed by atoms with van der Waals surface area (Å²) in [5.41, 5.74) is 25.3. The molecule has 9 atom stereocenters. The van der Waals surface area contributed by atoms with Crippen LogP contribution in [-0.4, -0.2) is 6.61 Å². The zero-order valence-corrected chi connectivity index (χ0v) is 39.4. The Hall–Kier alpha value is -5.66. The van der Waals surface area contributed by atoms with Gasteiger partial charge >= 0.3 is 0 Å². The Bertz CT molecular complexity index is 3830. The molecular weight excluding hydrogens is 809 g/mol. The number of hydrogen-bond donors (Lipinski definition) is 0. The van der Waals surface area contributed by atoms with Crippen molar-refractivity contribution in [3.05, 3.63) is 180 Å². The first-order valence-electron chi connectivity index (χ1n) is 26.7. The molecule has 9 unspecified atom stereocenters. The minimum absolute atomic E-state index is 0.165. The molecule has 0 aliphatic heterocycles. The predicted molar refractivity (Wildman–Crippen MR) is 276 cm³/mol. The summed E-state index contributed by atoms with van der Waals surface area (Å²) in [5.74, 6) is 3.42. The normalized spacial score (nSPS) is 32.5. The van der Waals surface area contributed by atoms with Crippen LogP contribution >= 0.6 is 0 Å². The molecule has 12 aliphatic rings. The molecule has 0 heterocycles. The van der Waals surface area contributed by atoms with E-state index in [2.05, 4.69) is 125 Å². The molecule has 0 N–H and O–H groups in total. The van der Waals surface area contributed by atoms with Gasteiger partial charge in [0.2, 0.25) is 0 Å². The summed E-state index contributed by atoms with van der Waals surface area (Å²) in [6.07, 6.45) is 39.7. The Morgan fingerprint density at radius 1 is 0.657 bits per heavy atom. The summed E-state index contributed by atoms with van der Waals surface area (Å²) < 4.78 is 6.59. The first-order chi connectivity index (χ1) is 33.0. The van der Waals surface area contributed by atoms with Gasteiger partial charge in [-0.05, 0) is 165 Å². The second-order valence-electron chi connectivity index (χ2n) is 23.4. The highest BCUT2D eigenvalue weighted by Crippen LogP contribution is 2.97. The van der Waals surface area contributed by atoms with E-state index in [9.17, 15) is 0 Å². The van der Waals surface area contributed by atoms with E-state index in [-0.39, 0.29) is 16.2 Å². The zero-order chi connectivity index (χ0) is 43.8.